The normalized spacial score (nSPS) is 10.6. The number of ether oxygens (including phenoxy) is 2. The van der Waals surface area contributed by atoms with Gasteiger partial charge in [0.05, 0.1) is 12.7 Å². The van der Waals surface area contributed by atoms with Crippen LogP contribution in [0.5, 0.6) is 11.5 Å². The number of allylic oxidation sites excluding steroid dienone is 1. The van der Waals surface area contributed by atoms with Crippen molar-refractivity contribution >= 4 is 29.4 Å². The highest BCUT2D eigenvalue weighted by atomic mass is 35.5. The minimum atomic E-state index is -0.586. The Morgan fingerprint density at radius 2 is 1.96 bits per heavy atom. The van der Waals surface area contributed by atoms with Crippen LogP contribution in [-0.2, 0) is 4.79 Å². The highest BCUT2D eigenvalue weighted by Crippen LogP contribution is 2.26. The molecule has 0 aromatic heterocycles. The molecule has 124 valence electrons. The van der Waals surface area contributed by atoms with Crippen LogP contribution >= 0.6 is 11.6 Å². The van der Waals surface area contributed by atoms with Crippen molar-refractivity contribution in [1.29, 1.82) is 0 Å². The number of hydrogen-bond donors (Lipinski definition) is 1. The number of methoxy groups -OCH3 is 1. The van der Waals surface area contributed by atoms with Crippen LogP contribution in [-0.4, -0.2) is 25.4 Å². The van der Waals surface area contributed by atoms with Crippen LogP contribution < -0.4 is 15.2 Å². The molecule has 0 aliphatic carbocycles. The zero-order chi connectivity index (χ0) is 17.5. The van der Waals surface area contributed by atoms with Crippen LogP contribution in [0.2, 0.25) is 5.02 Å². The first-order valence-electron chi connectivity index (χ1n) is 7.07. The Morgan fingerprint density at radius 1 is 1.21 bits per heavy atom. The van der Waals surface area contributed by atoms with Gasteiger partial charge in [0.1, 0.15) is 11.5 Å². The van der Waals surface area contributed by atoms with E-state index in [1.165, 1.54) is 19.3 Å². The summed E-state index contributed by atoms with van der Waals surface area (Å²) in [6.07, 6.45) is 3.06. The molecular weight excluding hydrogens is 330 g/mol. The van der Waals surface area contributed by atoms with Gasteiger partial charge in [-0.2, -0.15) is 0 Å². The average Bonchev–Trinajstić information content (AvgIpc) is 2.58. The molecule has 0 bridgehead atoms. The predicted molar refractivity (Wildman–Crippen MR) is 92.5 cm³/mol. The summed E-state index contributed by atoms with van der Waals surface area (Å²) in [4.78, 5) is 23.1. The Morgan fingerprint density at radius 3 is 2.62 bits per heavy atom. The molecule has 1 amide bonds. The lowest BCUT2D eigenvalue weighted by molar-refractivity contribution is -0.119. The maximum atomic E-state index is 12.4. The van der Waals surface area contributed by atoms with E-state index in [4.69, 9.17) is 26.8 Å². The first kappa shape index (κ1) is 17.6. The number of benzene rings is 2. The largest absolute Gasteiger partial charge is 0.496 e. The standard InChI is InChI=1S/C18H16ClNO4/c1-23-17-10-13(24-11-18(20)22)7-8-14(17)16(21)9-6-12-4-2-3-5-15(12)19/h2-10H,11H2,1H3,(H2,20,22)/b9-6+. The van der Waals surface area contributed by atoms with Gasteiger partial charge in [0.25, 0.3) is 5.91 Å². The van der Waals surface area contributed by atoms with E-state index < -0.39 is 5.91 Å². The lowest BCUT2D eigenvalue weighted by Crippen LogP contribution is -2.20. The summed E-state index contributed by atoms with van der Waals surface area (Å²) in [5, 5.41) is 0.559. The van der Waals surface area contributed by atoms with Crippen molar-refractivity contribution in [3.05, 3.63) is 64.7 Å². The van der Waals surface area contributed by atoms with Crippen LogP contribution in [0.25, 0.3) is 6.08 Å². The summed E-state index contributed by atoms with van der Waals surface area (Å²) in [6.45, 7) is -0.247. The van der Waals surface area contributed by atoms with E-state index >= 15 is 0 Å². The third kappa shape index (κ3) is 4.60. The van der Waals surface area contributed by atoms with Gasteiger partial charge in [-0.15, -0.1) is 0 Å². The van der Waals surface area contributed by atoms with E-state index in [-0.39, 0.29) is 12.4 Å². The van der Waals surface area contributed by atoms with Gasteiger partial charge >= 0.3 is 0 Å². The van der Waals surface area contributed by atoms with E-state index in [0.717, 1.165) is 5.56 Å². The summed E-state index contributed by atoms with van der Waals surface area (Å²) in [7, 11) is 1.45. The van der Waals surface area contributed by atoms with Gasteiger partial charge in [-0.25, -0.2) is 0 Å². The highest BCUT2D eigenvalue weighted by Gasteiger charge is 2.11. The molecule has 0 spiro atoms. The van der Waals surface area contributed by atoms with Crippen LogP contribution in [0.4, 0.5) is 0 Å². The molecule has 0 aliphatic heterocycles. The third-order valence-corrected chi connectivity index (χ3v) is 3.48. The number of carbonyl (C=O) groups is 2. The molecule has 6 heteroatoms. The van der Waals surface area contributed by atoms with Crippen molar-refractivity contribution in [3.63, 3.8) is 0 Å². The summed E-state index contributed by atoms with van der Waals surface area (Å²) in [6, 6.07) is 11.9. The Hall–Kier alpha value is -2.79. The number of hydrogen-bond acceptors (Lipinski definition) is 4. The molecule has 0 fully saturated rings. The zero-order valence-corrected chi connectivity index (χ0v) is 13.7. The molecule has 24 heavy (non-hydrogen) atoms. The van der Waals surface area contributed by atoms with E-state index in [0.29, 0.717) is 22.1 Å². The predicted octanol–water partition coefficient (Wildman–Crippen LogP) is 3.11. The van der Waals surface area contributed by atoms with Gasteiger partial charge in [-0.05, 0) is 35.9 Å². The Kier molecular flexibility index (Phi) is 5.98. The number of primary amides is 1. The lowest BCUT2D eigenvalue weighted by atomic mass is 10.1. The monoisotopic (exact) mass is 345 g/mol. The van der Waals surface area contributed by atoms with Crippen LogP contribution in [0.3, 0.4) is 0 Å². The summed E-state index contributed by atoms with van der Waals surface area (Å²) >= 11 is 6.05. The first-order chi connectivity index (χ1) is 11.5. The van der Waals surface area contributed by atoms with Crippen molar-refractivity contribution in [2.45, 2.75) is 0 Å². The quantitative estimate of drug-likeness (QED) is 0.617. The minimum absolute atomic E-state index is 0.242. The Labute approximate surface area is 144 Å². The maximum absolute atomic E-state index is 12.4. The fourth-order valence-electron chi connectivity index (χ4n) is 1.98. The molecule has 0 saturated heterocycles. The second-order valence-corrected chi connectivity index (χ2v) is 5.24. The number of halogens is 1. The molecule has 2 N–H and O–H groups in total. The molecule has 0 heterocycles. The SMILES string of the molecule is COc1cc(OCC(N)=O)ccc1C(=O)/C=C/c1ccccc1Cl. The summed E-state index contributed by atoms with van der Waals surface area (Å²) in [5.74, 6) is -0.104. The second-order valence-electron chi connectivity index (χ2n) is 4.84. The van der Waals surface area contributed by atoms with E-state index in [1.807, 2.05) is 18.2 Å². The van der Waals surface area contributed by atoms with Gasteiger partial charge in [0.15, 0.2) is 12.4 Å². The lowest BCUT2D eigenvalue weighted by Gasteiger charge is -2.09. The van der Waals surface area contributed by atoms with Gasteiger partial charge < -0.3 is 15.2 Å². The minimum Gasteiger partial charge on any atom is -0.496 e. The molecule has 2 aromatic rings. The van der Waals surface area contributed by atoms with Gasteiger partial charge in [-0.3, -0.25) is 9.59 Å². The Balaban J connectivity index is 2.19. The van der Waals surface area contributed by atoms with E-state index in [9.17, 15) is 9.59 Å². The number of rotatable bonds is 7. The van der Waals surface area contributed by atoms with Gasteiger partial charge in [-0.1, -0.05) is 29.8 Å². The number of amides is 1. The highest BCUT2D eigenvalue weighted by molar-refractivity contribution is 6.32. The fourth-order valence-corrected chi connectivity index (χ4v) is 2.18. The van der Waals surface area contributed by atoms with Gasteiger partial charge in [0.2, 0.25) is 0 Å². The molecule has 2 aromatic carbocycles. The van der Waals surface area contributed by atoms with Gasteiger partial charge in [0, 0.05) is 11.1 Å². The third-order valence-electron chi connectivity index (χ3n) is 3.14. The first-order valence-corrected chi connectivity index (χ1v) is 7.45. The zero-order valence-electron chi connectivity index (χ0n) is 13.0. The molecule has 2 rings (SSSR count). The number of carbonyl (C=O) groups excluding carboxylic acids is 2. The molecule has 0 saturated carbocycles. The van der Waals surface area contributed by atoms with Crippen molar-refractivity contribution in [3.8, 4) is 11.5 Å². The molecule has 0 atom stereocenters. The van der Waals surface area contributed by atoms with Crippen molar-refractivity contribution in [2.24, 2.45) is 5.73 Å². The Bertz CT molecular complexity index is 786. The van der Waals surface area contributed by atoms with E-state index in [2.05, 4.69) is 0 Å². The topological polar surface area (TPSA) is 78.6 Å². The van der Waals surface area contributed by atoms with Crippen LogP contribution in [0.1, 0.15) is 15.9 Å². The molecule has 0 aliphatic rings. The molecule has 0 radical (unpaired) electrons. The fraction of sp³-hybridized carbons (Fsp3) is 0.111. The van der Waals surface area contributed by atoms with Crippen LogP contribution in [0.15, 0.2) is 48.5 Å². The second kappa shape index (κ2) is 8.17. The molecule has 0 unspecified atom stereocenters. The van der Waals surface area contributed by atoms with Crippen molar-refractivity contribution in [2.75, 3.05) is 13.7 Å². The summed E-state index contributed by atoms with van der Waals surface area (Å²) in [5.41, 5.74) is 6.14. The smallest absolute Gasteiger partial charge is 0.255 e. The maximum Gasteiger partial charge on any atom is 0.255 e. The number of ketones is 1. The molecular formula is C18H16ClNO4. The van der Waals surface area contributed by atoms with E-state index in [1.54, 1.807) is 24.3 Å². The van der Waals surface area contributed by atoms with Crippen molar-refractivity contribution < 1.29 is 19.1 Å². The number of nitrogens with two attached hydrogens (primary N) is 1. The van der Waals surface area contributed by atoms with Crippen molar-refractivity contribution in [1.82, 2.24) is 0 Å². The molecule has 5 nitrogen and oxygen atoms in total. The van der Waals surface area contributed by atoms with Crippen LogP contribution in [0, 0.1) is 0 Å². The average molecular weight is 346 g/mol. The summed E-state index contributed by atoms with van der Waals surface area (Å²) < 4.78 is 10.4.